The van der Waals surface area contributed by atoms with Crippen molar-refractivity contribution in [1.82, 2.24) is 15.3 Å². The fourth-order valence-corrected chi connectivity index (χ4v) is 2.50. The molecule has 3 aromatic rings. The average Bonchev–Trinajstić information content (AvgIpc) is 2.64. The lowest BCUT2D eigenvalue weighted by Gasteiger charge is -2.07. The molecule has 7 heteroatoms. The van der Waals surface area contributed by atoms with Gasteiger partial charge in [0.05, 0.1) is 5.56 Å². The van der Waals surface area contributed by atoms with E-state index in [0.717, 1.165) is 5.56 Å². The highest BCUT2D eigenvalue weighted by molar-refractivity contribution is 6.30. The summed E-state index contributed by atoms with van der Waals surface area (Å²) in [4.78, 5) is 20.3. The number of anilines is 2. The second-order valence-corrected chi connectivity index (χ2v) is 6.00. The Bertz CT molecular complexity index is 885. The Morgan fingerprint density at radius 2 is 1.81 bits per heavy atom. The third-order valence-electron chi connectivity index (χ3n) is 3.60. The number of carbonyl (C=O) groups is 1. The standard InChI is InChI=1S/C19H16ClFN4O/c20-15-3-1-2-13(10-15)8-9-22-18(26)14-11-23-19(24-12-14)25-17-6-4-16(21)5-7-17/h1-7,10-12H,8-9H2,(H,22,26)(H,23,24,25). The van der Waals surface area contributed by atoms with Crippen LogP contribution >= 0.6 is 11.6 Å². The van der Waals surface area contributed by atoms with Crippen molar-refractivity contribution in [2.24, 2.45) is 0 Å². The molecule has 0 aliphatic carbocycles. The molecule has 0 saturated carbocycles. The van der Waals surface area contributed by atoms with Gasteiger partial charge in [-0.3, -0.25) is 4.79 Å². The summed E-state index contributed by atoms with van der Waals surface area (Å²) in [5.74, 6) is -0.242. The van der Waals surface area contributed by atoms with Gasteiger partial charge in [0.2, 0.25) is 5.95 Å². The lowest BCUT2D eigenvalue weighted by atomic mass is 10.1. The van der Waals surface area contributed by atoms with Gasteiger partial charge in [-0.15, -0.1) is 0 Å². The van der Waals surface area contributed by atoms with Crippen LogP contribution in [0.5, 0.6) is 0 Å². The molecule has 1 amide bonds. The Kier molecular flexibility index (Phi) is 5.76. The number of nitrogens with one attached hydrogen (secondary N) is 2. The zero-order valence-electron chi connectivity index (χ0n) is 13.7. The summed E-state index contributed by atoms with van der Waals surface area (Å²) < 4.78 is 12.9. The predicted molar refractivity (Wildman–Crippen MR) is 99.2 cm³/mol. The molecule has 0 saturated heterocycles. The predicted octanol–water partition coefficient (Wildman–Crippen LogP) is 3.99. The van der Waals surface area contributed by atoms with Crippen molar-refractivity contribution in [3.8, 4) is 0 Å². The summed E-state index contributed by atoms with van der Waals surface area (Å²) in [7, 11) is 0. The summed E-state index contributed by atoms with van der Waals surface area (Å²) in [5, 5.41) is 6.42. The van der Waals surface area contributed by atoms with Crippen molar-refractivity contribution in [2.45, 2.75) is 6.42 Å². The van der Waals surface area contributed by atoms with Gasteiger partial charge in [-0.2, -0.15) is 0 Å². The quantitative estimate of drug-likeness (QED) is 0.688. The van der Waals surface area contributed by atoms with Crippen LogP contribution in [-0.2, 0) is 6.42 Å². The number of benzene rings is 2. The van der Waals surface area contributed by atoms with Gasteiger partial charge in [-0.05, 0) is 48.4 Å². The van der Waals surface area contributed by atoms with Crippen molar-refractivity contribution < 1.29 is 9.18 Å². The van der Waals surface area contributed by atoms with Crippen LogP contribution < -0.4 is 10.6 Å². The molecule has 1 aromatic heterocycles. The molecule has 0 fully saturated rings. The monoisotopic (exact) mass is 370 g/mol. The zero-order chi connectivity index (χ0) is 18.4. The highest BCUT2D eigenvalue weighted by Gasteiger charge is 2.07. The zero-order valence-corrected chi connectivity index (χ0v) is 14.5. The minimum Gasteiger partial charge on any atom is -0.352 e. The fourth-order valence-electron chi connectivity index (χ4n) is 2.29. The van der Waals surface area contributed by atoms with Crippen molar-refractivity contribution >= 4 is 29.1 Å². The Morgan fingerprint density at radius 1 is 1.08 bits per heavy atom. The molecule has 0 spiro atoms. The van der Waals surface area contributed by atoms with Crippen LogP contribution in [0.15, 0.2) is 60.9 Å². The van der Waals surface area contributed by atoms with Crippen molar-refractivity contribution in [3.63, 3.8) is 0 Å². The minimum absolute atomic E-state index is 0.250. The molecule has 5 nitrogen and oxygen atoms in total. The van der Waals surface area contributed by atoms with E-state index in [2.05, 4.69) is 20.6 Å². The molecule has 3 rings (SSSR count). The number of hydrogen-bond donors (Lipinski definition) is 2. The molecule has 0 bridgehead atoms. The molecule has 0 unspecified atom stereocenters. The second kappa shape index (κ2) is 8.40. The van der Waals surface area contributed by atoms with E-state index in [0.29, 0.717) is 35.2 Å². The number of nitrogens with zero attached hydrogens (tertiary/aromatic N) is 2. The van der Waals surface area contributed by atoms with Gasteiger partial charge in [0, 0.05) is 29.6 Å². The van der Waals surface area contributed by atoms with E-state index in [4.69, 9.17) is 11.6 Å². The maximum Gasteiger partial charge on any atom is 0.254 e. The van der Waals surface area contributed by atoms with Gasteiger partial charge >= 0.3 is 0 Å². The Labute approximate surface area is 155 Å². The van der Waals surface area contributed by atoms with Gasteiger partial charge in [0.25, 0.3) is 5.91 Å². The maximum absolute atomic E-state index is 12.9. The molecule has 0 radical (unpaired) electrons. The summed E-state index contributed by atoms with van der Waals surface area (Å²) in [6.07, 6.45) is 3.55. The average molecular weight is 371 g/mol. The van der Waals surface area contributed by atoms with Crippen molar-refractivity contribution in [2.75, 3.05) is 11.9 Å². The van der Waals surface area contributed by atoms with Crippen LogP contribution in [0.1, 0.15) is 15.9 Å². The van der Waals surface area contributed by atoms with Crippen LogP contribution in [0.25, 0.3) is 0 Å². The number of halogens is 2. The molecule has 2 N–H and O–H groups in total. The van der Waals surface area contributed by atoms with Crippen molar-refractivity contribution in [1.29, 1.82) is 0 Å². The Balaban J connectivity index is 1.52. The summed E-state index contributed by atoms with van der Waals surface area (Å²) in [5.41, 5.74) is 2.07. The normalized spacial score (nSPS) is 10.4. The van der Waals surface area contributed by atoms with Gasteiger partial charge in [-0.1, -0.05) is 23.7 Å². The van der Waals surface area contributed by atoms with E-state index in [1.165, 1.54) is 24.5 Å². The first-order chi connectivity index (χ1) is 12.6. The summed E-state index contributed by atoms with van der Waals surface area (Å²) in [6.45, 7) is 0.481. The molecule has 132 valence electrons. The third kappa shape index (κ3) is 5.00. The van der Waals surface area contributed by atoms with E-state index in [1.807, 2.05) is 24.3 Å². The van der Waals surface area contributed by atoms with E-state index < -0.39 is 0 Å². The van der Waals surface area contributed by atoms with Crippen molar-refractivity contribution in [3.05, 3.63) is 82.9 Å². The van der Waals surface area contributed by atoms with Gasteiger partial charge in [0.15, 0.2) is 0 Å². The highest BCUT2D eigenvalue weighted by atomic mass is 35.5. The summed E-state index contributed by atoms with van der Waals surface area (Å²) >= 11 is 5.93. The Hall–Kier alpha value is -2.99. The van der Waals surface area contributed by atoms with Gasteiger partial charge in [0.1, 0.15) is 5.82 Å². The first-order valence-electron chi connectivity index (χ1n) is 7.97. The molecular formula is C19H16ClFN4O. The van der Waals surface area contributed by atoms with E-state index in [-0.39, 0.29) is 11.7 Å². The van der Waals surface area contributed by atoms with Crippen LogP contribution in [0.4, 0.5) is 16.0 Å². The molecule has 26 heavy (non-hydrogen) atoms. The molecule has 1 heterocycles. The van der Waals surface area contributed by atoms with Gasteiger partial charge in [-0.25, -0.2) is 14.4 Å². The van der Waals surface area contributed by atoms with Crippen LogP contribution in [0.3, 0.4) is 0 Å². The maximum atomic E-state index is 12.9. The Morgan fingerprint density at radius 3 is 2.50 bits per heavy atom. The first kappa shape index (κ1) is 17.8. The van der Waals surface area contributed by atoms with Crippen LogP contribution in [0.2, 0.25) is 5.02 Å². The molecular weight excluding hydrogens is 355 g/mol. The molecule has 2 aromatic carbocycles. The SMILES string of the molecule is O=C(NCCc1cccc(Cl)c1)c1cnc(Nc2ccc(F)cc2)nc1. The van der Waals surface area contributed by atoms with Crippen LogP contribution in [0, 0.1) is 5.82 Å². The number of carbonyl (C=O) groups excluding carboxylic acids is 1. The largest absolute Gasteiger partial charge is 0.352 e. The number of hydrogen-bond acceptors (Lipinski definition) is 4. The lowest BCUT2D eigenvalue weighted by molar-refractivity contribution is 0.0953. The second-order valence-electron chi connectivity index (χ2n) is 5.56. The minimum atomic E-state index is -0.318. The third-order valence-corrected chi connectivity index (χ3v) is 3.84. The summed E-state index contributed by atoms with van der Waals surface area (Å²) in [6, 6.07) is 13.3. The fraction of sp³-hybridized carbons (Fsp3) is 0.105. The first-order valence-corrected chi connectivity index (χ1v) is 8.35. The molecule has 0 aliphatic heterocycles. The molecule has 0 atom stereocenters. The smallest absolute Gasteiger partial charge is 0.254 e. The highest BCUT2D eigenvalue weighted by Crippen LogP contribution is 2.13. The number of aromatic nitrogens is 2. The van der Waals surface area contributed by atoms with Crippen LogP contribution in [-0.4, -0.2) is 22.4 Å². The van der Waals surface area contributed by atoms with E-state index in [9.17, 15) is 9.18 Å². The van der Waals surface area contributed by atoms with Gasteiger partial charge < -0.3 is 10.6 Å². The number of amides is 1. The topological polar surface area (TPSA) is 66.9 Å². The molecule has 0 aliphatic rings. The number of rotatable bonds is 6. The lowest BCUT2D eigenvalue weighted by Crippen LogP contribution is -2.26. The van der Waals surface area contributed by atoms with E-state index >= 15 is 0 Å². The van der Waals surface area contributed by atoms with E-state index in [1.54, 1.807) is 12.1 Å².